The fourth-order valence-corrected chi connectivity index (χ4v) is 2.07. The lowest BCUT2D eigenvalue weighted by Gasteiger charge is -2.17. The maximum atomic E-state index is 12.7. The minimum Gasteiger partial charge on any atom is -0.357 e. The zero-order valence-electron chi connectivity index (χ0n) is 13.9. The molecule has 0 aliphatic rings. The Morgan fingerprint density at radius 2 is 1.96 bits per heavy atom. The van der Waals surface area contributed by atoms with Gasteiger partial charge in [0, 0.05) is 27.2 Å². The van der Waals surface area contributed by atoms with Crippen LogP contribution in [0.2, 0.25) is 0 Å². The molecule has 0 bridgehead atoms. The Labute approximate surface area is 153 Å². The number of nitrogens with zero attached hydrogens (tertiary/aromatic N) is 2. The van der Waals surface area contributed by atoms with Gasteiger partial charge in [0.1, 0.15) is 0 Å². The minimum absolute atomic E-state index is 0. The molecule has 0 fully saturated rings. The second-order valence-corrected chi connectivity index (χ2v) is 5.44. The molecule has 7 heteroatoms. The number of guanidine groups is 1. The molecule has 0 saturated carbocycles. The summed E-state index contributed by atoms with van der Waals surface area (Å²) in [4.78, 5) is 6.35. The van der Waals surface area contributed by atoms with E-state index in [2.05, 4.69) is 10.3 Å². The van der Waals surface area contributed by atoms with Crippen LogP contribution in [0.5, 0.6) is 0 Å². The van der Waals surface area contributed by atoms with E-state index in [0.717, 1.165) is 18.6 Å². The summed E-state index contributed by atoms with van der Waals surface area (Å²) in [6, 6.07) is 5.53. The Hall–Kier alpha value is -0.990. The molecular weight excluding hydrogens is 418 g/mol. The first-order valence-corrected chi connectivity index (χ1v) is 7.38. The monoisotopic (exact) mass is 443 g/mol. The van der Waals surface area contributed by atoms with Crippen LogP contribution < -0.4 is 5.32 Å². The maximum absolute atomic E-state index is 12.7. The Morgan fingerprint density at radius 1 is 1.30 bits per heavy atom. The molecule has 1 aromatic rings. The summed E-state index contributed by atoms with van der Waals surface area (Å²) in [5, 5.41) is 3.15. The minimum atomic E-state index is -4.29. The summed E-state index contributed by atoms with van der Waals surface area (Å²) < 4.78 is 38.2. The van der Waals surface area contributed by atoms with Gasteiger partial charge in [0.15, 0.2) is 5.96 Å². The summed E-state index contributed by atoms with van der Waals surface area (Å²) in [5.74, 6) is 0.815. The van der Waals surface area contributed by atoms with Gasteiger partial charge in [0.25, 0.3) is 0 Å². The number of hydrogen-bond acceptors (Lipinski definition) is 1. The van der Waals surface area contributed by atoms with Crippen molar-refractivity contribution >= 4 is 29.9 Å². The van der Waals surface area contributed by atoms with Crippen molar-refractivity contribution in [3.63, 3.8) is 0 Å². The normalized spacial score (nSPS) is 13.3. The molecular formula is C16H25F3IN3. The van der Waals surface area contributed by atoms with E-state index in [1.807, 2.05) is 32.8 Å². The summed E-state index contributed by atoms with van der Waals surface area (Å²) >= 11 is 0. The van der Waals surface area contributed by atoms with Crippen LogP contribution >= 0.6 is 24.0 Å². The summed E-state index contributed by atoms with van der Waals surface area (Å²) in [6.07, 6.45) is -3.60. The average molecular weight is 443 g/mol. The average Bonchev–Trinajstić information content (AvgIpc) is 2.45. The number of halogens is 4. The summed E-state index contributed by atoms with van der Waals surface area (Å²) in [5.41, 5.74) is 0.0989. The predicted octanol–water partition coefficient (Wildman–Crippen LogP) is 4.34. The van der Waals surface area contributed by atoms with Crippen molar-refractivity contribution in [2.45, 2.75) is 32.4 Å². The lowest BCUT2D eigenvalue weighted by molar-refractivity contribution is -0.137. The van der Waals surface area contributed by atoms with Crippen molar-refractivity contribution in [2.75, 3.05) is 27.2 Å². The first-order valence-electron chi connectivity index (χ1n) is 7.38. The van der Waals surface area contributed by atoms with Crippen molar-refractivity contribution in [1.82, 2.24) is 10.2 Å². The summed E-state index contributed by atoms with van der Waals surface area (Å²) in [7, 11) is 3.80. The molecule has 3 nitrogen and oxygen atoms in total. The lowest BCUT2D eigenvalue weighted by Crippen LogP contribution is -2.36. The zero-order chi connectivity index (χ0) is 16.8. The third-order valence-corrected chi connectivity index (χ3v) is 3.37. The molecule has 0 amide bonds. The predicted molar refractivity (Wildman–Crippen MR) is 99.6 cm³/mol. The molecule has 1 aromatic carbocycles. The molecule has 1 rings (SSSR count). The largest absolute Gasteiger partial charge is 0.416 e. The third-order valence-electron chi connectivity index (χ3n) is 3.37. The number of hydrogen-bond donors (Lipinski definition) is 1. The number of benzene rings is 1. The van der Waals surface area contributed by atoms with Gasteiger partial charge >= 0.3 is 6.18 Å². The smallest absolute Gasteiger partial charge is 0.357 e. The molecule has 0 radical (unpaired) electrons. The topological polar surface area (TPSA) is 27.6 Å². The second kappa shape index (κ2) is 10.00. The number of nitrogens with one attached hydrogen (secondary N) is 1. The first kappa shape index (κ1) is 22.0. The van der Waals surface area contributed by atoms with Crippen LogP contribution in [0.15, 0.2) is 29.3 Å². The van der Waals surface area contributed by atoms with Gasteiger partial charge < -0.3 is 10.2 Å². The van der Waals surface area contributed by atoms with E-state index in [0.29, 0.717) is 18.5 Å². The van der Waals surface area contributed by atoms with Crippen molar-refractivity contribution in [2.24, 2.45) is 4.99 Å². The van der Waals surface area contributed by atoms with Crippen molar-refractivity contribution in [3.05, 3.63) is 35.4 Å². The van der Waals surface area contributed by atoms with E-state index in [9.17, 15) is 13.2 Å². The molecule has 0 saturated heterocycles. The molecule has 0 aromatic heterocycles. The first-order chi connectivity index (χ1) is 10.3. The van der Waals surface area contributed by atoms with Gasteiger partial charge in [-0.25, -0.2) is 0 Å². The zero-order valence-corrected chi connectivity index (χ0v) is 16.3. The van der Waals surface area contributed by atoms with Gasteiger partial charge in [0.2, 0.25) is 0 Å². The molecule has 132 valence electrons. The van der Waals surface area contributed by atoms with E-state index in [1.165, 1.54) is 12.1 Å². The molecule has 1 N–H and O–H groups in total. The molecule has 0 heterocycles. The quantitative estimate of drug-likeness (QED) is 0.417. The highest BCUT2D eigenvalue weighted by Gasteiger charge is 2.30. The lowest BCUT2D eigenvalue weighted by atomic mass is 9.96. The molecule has 0 aliphatic heterocycles. The van der Waals surface area contributed by atoms with Crippen molar-refractivity contribution < 1.29 is 13.2 Å². The van der Waals surface area contributed by atoms with Crippen LogP contribution in [0.1, 0.15) is 37.3 Å². The van der Waals surface area contributed by atoms with Crippen LogP contribution in [0, 0.1) is 0 Å². The van der Waals surface area contributed by atoms with E-state index in [1.54, 1.807) is 6.07 Å². The molecule has 0 aliphatic carbocycles. The van der Waals surface area contributed by atoms with Gasteiger partial charge in [-0.15, -0.1) is 24.0 Å². The molecule has 1 atom stereocenters. The number of alkyl halides is 3. The fourth-order valence-electron chi connectivity index (χ4n) is 2.07. The second-order valence-electron chi connectivity index (χ2n) is 5.44. The van der Waals surface area contributed by atoms with Crippen LogP contribution in [-0.4, -0.2) is 38.0 Å². The van der Waals surface area contributed by atoms with Crippen molar-refractivity contribution in [1.29, 1.82) is 0 Å². The fraction of sp³-hybridized carbons (Fsp3) is 0.562. The standard InChI is InChI=1S/C16H24F3N3.HI/c1-5-20-15(22(3)4)21-10-9-12(2)13-7-6-8-14(11-13)16(17,18)19;/h6-8,11-12H,5,9-10H2,1-4H3,(H,20,21);1H. The van der Waals surface area contributed by atoms with Gasteiger partial charge in [-0.2, -0.15) is 13.2 Å². The van der Waals surface area contributed by atoms with Gasteiger partial charge in [-0.3, -0.25) is 4.99 Å². The molecule has 1 unspecified atom stereocenters. The number of aliphatic imine (C=N–C) groups is 1. The highest BCUT2D eigenvalue weighted by atomic mass is 127. The van der Waals surface area contributed by atoms with Crippen molar-refractivity contribution in [3.8, 4) is 0 Å². The third kappa shape index (κ3) is 7.41. The maximum Gasteiger partial charge on any atom is 0.416 e. The molecule has 23 heavy (non-hydrogen) atoms. The van der Waals surface area contributed by atoms with Gasteiger partial charge in [-0.05, 0) is 30.9 Å². The Balaban J connectivity index is 0.00000484. The highest BCUT2D eigenvalue weighted by molar-refractivity contribution is 14.0. The van der Waals surface area contributed by atoms with E-state index < -0.39 is 11.7 Å². The van der Waals surface area contributed by atoms with E-state index in [-0.39, 0.29) is 29.9 Å². The Morgan fingerprint density at radius 3 is 2.48 bits per heavy atom. The van der Waals surface area contributed by atoms with E-state index in [4.69, 9.17) is 0 Å². The van der Waals surface area contributed by atoms with E-state index >= 15 is 0 Å². The van der Waals surface area contributed by atoms with Crippen LogP contribution in [0.3, 0.4) is 0 Å². The van der Waals surface area contributed by atoms with Gasteiger partial charge in [0.05, 0.1) is 5.56 Å². The van der Waals surface area contributed by atoms with Crippen LogP contribution in [-0.2, 0) is 6.18 Å². The van der Waals surface area contributed by atoms with Gasteiger partial charge in [-0.1, -0.05) is 25.1 Å². The Bertz CT molecular complexity index is 502. The number of rotatable bonds is 5. The Kier molecular flexibility index (Phi) is 9.57. The van der Waals surface area contributed by atoms with Crippen LogP contribution in [0.4, 0.5) is 13.2 Å². The SMILES string of the molecule is CCNC(=NCCC(C)c1cccc(C(F)(F)F)c1)N(C)C.I. The highest BCUT2D eigenvalue weighted by Crippen LogP contribution is 2.31. The summed E-state index contributed by atoms with van der Waals surface area (Å²) in [6.45, 7) is 5.26. The van der Waals surface area contributed by atoms with Crippen LogP contribution in [0.25, 0.3) is 0 Å². The molecule has 0 spiro atoms.